The molecular weight excluding hydrogens is 448 g/mol. The summed E-state index contributed by atoms with van der Waals surface area (Å²) in [4.78, 5) is 7.59. The fraction of sp³-hybridized carbons (Fsp3) is 0.480. The van der Waals surface area contributed by atoms with Crippen molar-refractivity contribution in [2.24, 2.45) is 7.05 Å². The van der Waals surface area contributed by atoms with Gasteiger partial charge in [0.2, 0.25) is 0 Å². The van der Waals surface area contributed by atoms with Crippen LogP contribution in [0.3, 0.4) is 0 Å². The second kappa shape index (κ2) is 12.6. The molecule has 1 aliphatic heterocycles. The van der Waals surface area contributed by atoms with E-state index in [-0.39, 0.29) is 18.2 Å². The molecule has 34 heavy (non-hydrogen) atoms. The van der Waals surface area contributed by atoms with Gasteiger partial charge in [0, 0.05) is 38.8 Å². The van der Waals surface area contributed by atoms with Crippen LogP contribution in [-0.4, -0.2) is 54.2 Å². The van der Waals surface area contributed by atoms with Crippen molar-refractivity contribution in [3.8, 4) is 5.75 Å². The number of rotatable bonds is 8. The quantitative estimate of drug-likeness (QED) is 0.525. The van der Waals surface area contributed by atoms with Crippen molar-refractivity contribution in [2.75, 3.05) is 31.6 Å². The normalized spacial score (nSPS) is 15.4. The van der Waals surface area contributed by atoms with Crippen LogP contribution in [0.4, 0.5) is 23.2 Å². The Morgan fingerprint density at radius 3 is 2.47 bits per heavy atom. The maximum absolute atomic E-state index is 13.1. The standard InChI is InChI=1S/C22H26F4N4O.C3H8/c1-5-17-19(28(3)13-27-17)8-14(2)29(4)18-7-6-15(9-20(18)31-22(25)26)16-10-30(11-16)12-21(23)24;1-3-2/h5-9,13,16,21-22H,2,10-12H2,1,3-4H3;3H2,1-2H3/b17-5+,19-8+;. The van der Waals surface area contributed by atoms with Crippen molar-refractivity contribution < 1.29 is 22.3 Å². The minimum absolute atomic E-state index is 0.00462. The number of ether oxygens (including phenoxy) is 1. The Bertz CT molecular complexity index is 1060. The second-order valence-corrected chi connectivity index (χ2v) is 8.23. The second-order valence-electron chi connectivity index (χ2n) is 8.23. The molecule has 0 aliphatic carbocycles. The summed E-state index contributed by atoms with van der Waals surface area (Å²) in [5.74, 6) is 0.0223. The molecule has 1 saturated heterocycles. The monoisotopic (exact) mass is 482 g/mol. The predicted molar refractivity (Wildman–Crippen MR) is 129 cm³/mol. The zero-order chi connectivity index (χ0) is 25.4. The van der Waals surface area contributed by atoms with Gasteiger partial charge in [-0.25, -0.2) is 13.8 Å². The summed E-state index contributed by atoms with van der Waals surface area (Å²) in [5.41, 5.74) is 1.77. The van der Waals surface area contributed by atoms with Crippen molar-refractivity contribution in [1.29, 1.82) is 0 Å². The van der Waals surface area contributed by atoms with Crippen LogP contribution in [0.5, 0.6) is 5.75 Å². The number of likely N-dealkylation sites (tertiary alicyclic amines) is 1. The molecule has 1 aromatic carbocycles. The van der Waals surface area contributed by atoms with Crippen LogP contribution in [0.25, 0.3) is 12.2 Å². The van der Waals surface area contributed by atoms with Crippen molar-refractivity contribution in [3.63, 3.8) is 0 Å². The van der Waals surface area contributed by atoms with E-state index in [0.29, 0.717) is 24.5 Å². The van der Waals surface area contributed by atoms with Crippen LogP contribution in [0.1, 0.15) is 38.7 Å². The lowest BCUT2D eigenvalue weighted by molar-refractivity contribution is -0.0495. The number of halogens is 4. The Morgan fingerprint density at radius 2 is 1.91 bits per heavy atom. The molecule has 0 atom stereocenters. The highest BCUT2D eigenvalue weighted by Gasteiger charge is 2.30. The molecular formula is C25H34F4N4O. The number of allylic oxidation sites excluding steroid dienone is 1. The van der Waals surface area contributed by atoms with Crippen LogP contribution in [-0.2, 0) is 7.05 Å². The Morgan fingerprint density at radius 1 is 1.26 bits per heavy atom. The van der Waals surface area contributed by atoms with Crippen molar-refractivity contribution in [3.05, 3.63) is 53.1 Å². The maximum Gasteiger partial charge on any atom is 0.387 e. The number of nitrogens with zero attached hydrogens (tertiary/aromatic N) is 4. The SMILES string of the molecule is C=C(/C=c1\c(=C/C)ncn1C)N(C)c1ccc(C2CN(CC(F)F)C2)cc1OC(F)F.CCC. The Balaban J connectivity index is 0.00000129. The Hall–Kier alpha value is -2.81. The summed E-state index contributed by atoms with van der Waals surface area (Å²) >= 11 is 0. The lowest BCUT2D eigenvalue weighted by Gasteiger charge is -2.39. The van der Waals surface area contributed by atoms with E-state index in [2.05, 4.69) is 25.4 Å². The van der Waals surface area contributed by atoms with Gasteiger partial charge < -0.3 is 14.2 Å². The maximum atomic E-state index is 13.1. The zero-order valence-electron chi connectivity index (χ0n) is 20.4. The molecule has 5 nitrogen and oxygen atoms in total. The summed E-state index contributed by atoms with van der Waals surface area (Å²) in [6, 6.07) is 5.07. The van der Waals surface area contributed by atoms with Crippen molar-refractivity contribution >= 4 is 17.8 Å². The average molecular weight is 483 g/mol. The topological polar surface area (TPSA) is 33.5 Å². The number of aryl methyl sites for hydroxylation is 1. The van der Waals surface area contributed by atoms with Gasteiger partial charge in [0.05, 0.1) is 29.3 Å². The third kappa shape index (κ3) is 7.09. The molecule has 0 bridgehead atoms. The molecule has 1 fully saturated rings. The summed E-state index contributed by atoms with van der Waals surface area (Å²) in [6.07, 6.45) is 4.23. The van der Waals surface area contributed by atoms with Gasteiger partial charge in [-0.1, -0.05) is 39.0 Å². The number of benzene rings is 1. The van der Waals surface area contributed by atoms with Crippen LogP contribution in [0, 0.1) is 0 Å². The summed E-state index contributed by atoms with van der Waals surface area (Å²) < 4.78 is 57.8. The van der Waals surface area contributed by atoms with E-state index in [9.17, 15) is 17.6 Å². The van der Waals surface area contributed by atoms with E-state index in [4.69, 9.17) is 4.74 Å². The summed E-state index contributed by atoms with van der Waals surface area (Å²) in [6.45, 7) is 7.84. The Labute approximate surface area is 198 Å². The first-order chi connectivity index (χ1) is 16.1. The highest BCUT2D eigenvalue weighted by Crippen LogP contribution is 2.36. The number of aromatic nitrogens is 2. The molecule has 0 radical (unpaired) electrons. The van der Waals surface area contributed by atoms with E-state index in [1.54, 1.807) is 35.3 Å². The number of imidazole rings is 1. The summed E-state index contributed by atoms with van der Waals surface area (Å²) in [5, 5.41) is 1.62. The smallest absolute Gasteiger partial charge is 0.387 e. The molecule has 1 aromatic heterocycles. The average Bonchev–Trinajstić information content (AvgIpc) is 3.09. The minimum Gasteiger partial charge on any atom is -0.433 e. The van der Waals surface area contributed by atoms with Crippen LogP contribution < -0.4 is 20.3 Å². The number of hydrogen-bond acceptors (Lipinski definition) is 4. The fourth-order valence-corrected chi connectivity index (χ4v) is 3.64. The van der Waals surface area contributed by atoms with Crippen molar-refractivity contribution in [2.45, 2.75) is 46.1 Å². The summed E-state index contributed by atoms with van der Waals surface area (Å²) in [7, 11) is 3.57. The molecule has 1 aliphatic rings. The van der Waals surface area contributed by atoms with Gasteiger partial charge in [-0.05, 0) is 30.7 Å². The zero-order valence-corrected chi connectivity index (χ0v) is 20.4. The predicted octanol–water partition coefficient (Wildman–Crippen LogP) is 4.33. The van der Waals surface area contributed by atoms with Crippen LogP contribution >= 0.6 is 0 Å². The molecule has 2 heterocycles. The highest BCUT2D eigenvalue weighted by molar-refractivity contribution is 5.67. The lowest BCUT2D eigenvalue weighted by Crippen LogP contribution is -2.47. The van der Waals surface area contributed by atoms with Gasteiger partial charge in [-0.2, -0.15) is 8.78 Å². The highest BCUT2D eigenvalue weighted by atomic mass is 19.3. The molecule has 0 N–H and O–H groups in total. The minimum atomic E-state index is -2.99. The lowest BCUT2D eigenvalue weighted by atomic mass is 9.91. The van der Waals surface area contributed by atoms with Gasteiger partial charge in [-0.3, -0.25) is 4.90 Å². The van der Waals surface area contributed by atoms with Gasteiger partial charge in [0.15, 0.2) is 0 Å². The molecule has 0 amide bonds. The molecule has 188 valence electrons. The Kier molecular flexibility index (Phi) is 10.2. The van der Waals surface area contributed by atoms with Gasteiger partial charge in [0.1, 0.15) is 5.75 Å². The molecule has 2 aromatic rings. The van der Waals surface area contributed by atoms with E-state index in [1.807, 2.05) is 36.8 Å². The largest absolute Gasteiger partial charge is 0.433 e. The molecule has 0 unspecified atom stereocenters. The third-order valence-corrected chi connectivity index (χ3v) is 5.41. The van der Waals surface area contributed by atoms with E-state index >= 15 is 0 Å². The number of hydrogen-bond donors (Lipinski definition) is 0. The van der Waals surface area contributed by atoms with E-state index in [1.165, 1.54) is 6.42 Å². The molecule has 0 spiro atoms. The van der Waals surface area contributed by atoms with Gasteiger partial charge in [0.25, 0.3) is 6.43 Å². The van der Waals surface area contributed by atoms with Crippen molar-refractivity contribution in [1.82, 2.24) is 14.5 Å². The number of anilines is 1. The molecule has 0 saturated carbocycles. The number of alkyl halides is 4. The first-order valence-corrected chi connectivity index (χ1v) is 11.3. The van der Waals surface area contributed by atoms with Gasteiger partial charge in [-0.15, -0.1) is 0 Å². The first kappa shape index (κ1) is 27.4. The molecule has 3 rings (SSSR count). The first-order valence-electron chi connectivity index (χ1n) is 11.3. The van der Waals surface area contributed by atoms with Crippen LogP contribution in [0.15, 0.2) is 36.8 Å². The van der Waals surface area contributed by atoms with Gasteiger partial charge >= 0.3 is 6.61 Å². The van der Waals surface area contributed by atoms with E-state index < -0.39 is 13.0 Å². The third-order valence-electron chi connectivity index (χ3n) is 5.41. The molecule has 9 heteroatoms. The van der Waals surface area contributed by atoms with E-state index in [0.717, 1.165) is 16.3 Å². The fourth-order valence-electron chi connectivity index (χ4n) is 3.64. The van der Waals surface area contributed by atoms with Crippen LogP contribution in [0.2, 0.25) is 0 Å².